The molecule has 0 N–H and O–H groups in total. The van der Waals surface area contributed by atoms with E-state index in [9.17, 15) is 0 Å². The van der Waals surface area contributed by atoms with Crippen LogP contribution in [0.15, 0.2) is 36.4 Å². The Balaban J connectivity index is 1.95. The highest BCUT2D eigenvalue weighted by atomic mass is 16.5. The Hall–Kier alpha value is -1.96. The minimum Gasteiger partial charge on any atom is -0.493 e. The second-order valence-electron chi connectivity index (χ2n) is 10.5. The predicted octanol–water partition coefficient (Wildman–Crippen LogP) is 10.2. The number of hydrogen-bond donors (Lipinski definition) is 0. The summed E-state index contributed by atoms with van der Waals surface area (Å²) in [6.07, 6.45) is 16.4. The highest BCUT2D eigenvalue weighted by Crippen LogP contribution is 2.30. The summed E-state index contributed by atoms with van der Waals surface area (Å²) in [6.45, 7) is 12.9. The predicted molar refractivity (Wildman–Crippen MR) is 152 cm³/mol. The number of aryl methyl sites for hydroxylation is 1. The molecule has 0 bridgehead atoms. The maximum atomic E-state index is 6.25. The van der Waals surface area contributed by atoms with Crippen LogP contribution in [-0.2, 0) is 6.42 Å². The molecule has 2 aromatic rings. The van der Waals surface area contributed by atoms with Crippen LogP contribution < -0.4 is 9.47 Å². The lowest BCUT2D eigenvalue weighted by Gasteiger charge is -2.17. The first-order chi connectivity index (χ1) is 17.0. The molecule has 0 aliphatic carbocycles. The average molecular weight is 481 g/mol. The summed E-state index contributed by atoms with van der Waals surface area (Å²) >= 11 is 0. The van der Waals surface area contributed by atoms with Gasteiger partial charge in [-0.15, -0.1) is 0 Å². The van der Waals surface area contributed by atoms with Gasteiger partial charge in [0.25, 0.3) is 0 Å². The molecule has 2 heteroatoms. The summed E-state index contributed by atoms with van der Waals surface area (Å²) in [5, 5.41) is 0. The van der Waals surface area contributed by atoms with Crippen molar-refractivity contribution < 1.29 is 9.47 Å². The van der Waals surface area contributed by atoms with Crippen LogP contribution in [0.5, 0.6) is 11.5 Å². The van der Waals surface area contributed by atoms with Crippen LogP contribution in [0.3, 0.4) is 0 Å². The standard InChI is InChI=1S/C33H52O2/c1-6-8-10-12-14-16-22-34-32-20-18-28(5)24-30(32)25-29-19-21-33(31(26-29)27(3)4)35-23-17-15-13-11-9-7-2/h18-21,24,26-27H,6-17,22-23,25H2,1-5H3. The zero-order valence-electron chi connectivity index (χ0n) is 23.5. The first-order valence-electron chi connectivity index (χ1n) is 14.5. The van der Waals surface area contributed by atoms with E-state index in [4.69, 9.17) is 9.47 Å². The molecule has 0 saturated heterocycles. The van der Waals surface area contributed by atoms with E-state index >= 15 is 0 Å². The van der Waals surface area contributed by atoms with Gasteiger partial charge in [-0.25, -0.2) is 0 Å². The first-order valence-corrected chi connectivity index (χ1v) is 14.5. The van der Waals surface area contributed by atoms with Gasteiger partial charge in [-0.1, -0.05) is 122 Å². The van der Waals surface area contributed by atoms with Crippen molar-refractivity contribution in [3.8, 4) is 11.5 Å². The molecule has 2 nitrogen and oxygen atoms in total. The SMILES string of the molecule is CCCCCCCCOc1ccc(C)cc1Cc1ccc(OCCCCCCCC)c(C(C)C)c1. The van der Waals surface area contributed by atoms with Gasteiger partial charge in [-0.05, 0) is 54.5 Å². The molecule has 0 radical (unpaired) electrons. The van der Waals surface area contributed by atoms with Crippen molar-refractivity contribution in [2.24, 2.45) is 0 Å². The molecule has 0 amide bonds. The quantitative estimate of drug-likeness (QED) is 0.186. The molecule has 0 aliphatic rings. The smallest absolute Gasteiger partial charge is 0.122 e. The average Bonchev–Trinajstić information content (AvgIpc) is 2.84. The molecule has 0 aromatic heterocycles. The van der Waals surface area contributed by atoms with Crippen molar-refractivity contribution in [2.75, 3.05) is 13.2 Å². The van der Waals surface area contributed by atoms with Gasteiger partial charge in [0, 0.05) is 6.42 Å². The number of rotatable bonds is 19. The van der Waals surface area contributed by atoms with Crippen LogP contribution in [0.1, 0.15) is 133 Å². The van der Waals surface area contributed by atoms with Gasteiger partial charge in [0.1, 0.15) is 11.5 Å². The third-order valence-corrected chi connectivity index (χ3v) is 6.82. The molecule has 0 fully saturated rings. The third-order valence-electron chi connectivity index (χ3n) is 6.82. The van der Waals surface area contributed by atoms with Gasteiger partial charge in [0.15, 0.2) is 0 Å². The van der Waals surface area contributed by atoms with Crippen LogP contribution in [-0.4, -0.2) is 13.2 Å². The Bertz CT molecular complexity index is 824. The molecule has 0 aliphatic heterocycles. The van der Waals surface area contributed by atoms with Crippen LogP contribution in [0.25, 0.3) is 0 Å². The van der Waals surface area contributed by atoms with Gasteiger partial charge in [-0.3, -0.25) is 0 Å². The Morgan fingerprint density at radius 3 is 1.77 bits per heavy atom. The van der Waals surface area contributed by atoms with Gasteiger partial charge in [0.2, 0.25) is 0 Å². The van der Waals surface area contributed by atoms with E-state index in [1.807, 2.05) is 0 Å². The fourth-order valence-electron chi connectivity index (χ4n) is 4.63. The number of ether oxygens (including phenoxy) is 2. The fraction of sp³-hybridized carbons (Fsp3) is 0.636. The fourth-order valence-corrected chi connectivity index (χ4v) is 4.63. The van der Waals surface area contributed by atoms with Crippen LogP contribution >= 0.6 is 0 Å². The normalized spacial score (nSPS) is 11.3. The minimum atomic E-state index is 0.440. The van der Waals surface area contributed by atoms with E-state index in [0.29, 0.717) is 5.92 Å². The monoisotopic (exact) mass is 480 g/mol. The highest BCUT2D eigenvalue weighted by Gasteiger charge is 2.12. The number of benzene rings is 2. The summed E-state index contributed by atoms with van der Waals surface area (Å²) in [4.78, 5) is 0. The van der Waals surface area contributed by atoms with E-state index in [2.05, 4.69) is 71.0 Å². The van der Waals surface area contributed by atoms with Gasteiger partial charge in [-0.2, -0.15) is 0 Å². The molecule has 196 valence electrons. The van der Waals surface area contributed by atoms with Gasteiger partial charge in [0.05, 0.1) is 13.2 Å². The maximum absolute atomic E-state index is 6.25. The largest absolute Gasteiger partial charge is 0.493 e. The van der Waals surface area contributed by atoms with Gasteiger partial charge < -0.3 is 9.47 Å². The summed E-state index contributed by atoms with van der Waals surface area (Å²) in [5.41, 5.74) is 5.22. The zero-order chi connectivity index (χ0) is 25.3. The van der Waals surface area contributed by atoms with E-state index in [0.717, 1.165) is 44.0 Å². The molecule has 2 aromatic carbocycles. The maximum Gasteiger partial charge on any atom is 0.122 e. The molecule has 2 rings (SSSR count). The van der Waals surface area contributed by atoms with Crippen molar-refractivity contribution >= 4 is 0 Å². The second-order valence-corrected chi connectivity index (χ2v) is 10.5. The number of unbranched alkanes of at least 4 members (excludes halogenated alkanes) is 10. The molecule has 35 heavy (non-hydrogen) atoms. The summed E-state index contributed by atoms with van der Waals surface area (Å²) in [5.74, 6) is 2.54. The van der Waals surface area contributed by atoms with Gasteiger partial charge >= 0.3 is 0 Å². The Morgan fingerprint density at radius 1 is 0.629 bits per heavy atom. The van der Waals surface area contributed by atoms with E-state index in [1.165, 1.54) is 86.5 Å². The van der Waals surface area contributed by atoms with Crippen molar-refractivity contribution in [3.63, 3.8) is 0 Å². The summed E-state index contributed by atoms with van der Waals surface area (Å²) in [7, 11) is 0. The summed E-state index contributed by atoms with van der Waals surface area (Å²) in [6, 6.07) is 13.4. The second kappa shape index (κ2) is 17.5. The lowest BCUT2D eigenvalue weighted by atomic mass is 9.95. The molecular formula is C33H52O2. The lowest BCUT2D eigenvalue weighted by molar-refractivity contribution is 0.300. The molecule has 0 saturated carbocycles. The topological polar surface area (TPSA) is 18.5 Å². The van der Waals surface area contributed by atoms with E-state index in [1.54, 1.807) is 0 Å². The summed E-state index contributed by atoms with van der Waals surface area (Å²) < 4.78 is 12.5. The van der Waals surface area contributed by atoms with Crippen LogP contribution in [0.2, 0.25) is 0 Å². The highest BCUT2D eigenvalue weighted by molar-refractivity contribution is 5.44. The van der Waals surface area contributed by atoms with Crippen molar-refractivity contribution in [3.05, 3.63) is 58.7 Å². The zero-order valence-corrected chi connectivity index (χ0v) is 23.5. The first kappa shape index (κ1) is 29.3. The molecular weight excluding hydrogens is 428 g/mol. The molecule has 0 unspecified atom stereocenters. The lowest BCUT2D eigenvalue weighted by Crippen LogP contribution is -2.04. The van der Waals surface area contributed by atoms with Crippen molar-refractivity contribution in [1.82, 2.24) is 0 Å². The Kier molecular flexibility index (Phi) is 14.6. The Morgan fingerprint density at radius 2 is 1.17 bits per heavy atom. The molecule has 0 spiro atoms. The third kappa shape index (κ3) is 11.5. The van der Waals surface area contributed by atoms with Crippen LogP contribution in [0.4, 0.5) is 0 Å². The molecule has 0 atom stereocenters. The van der Waals surface area contributed by atoms with Crippen molar-refractivity contribution in [2.45, 2.75) is 124 Å². The number of hydrogen-bond acceptors (Lipinski definition) is 2. The molecule has 0 heterocycles. The van der Waals surface area contributed by atoms with Crippen molar-refractivity contribution in [1.29, 1.82) is 0 Å². The Labute approximate surface area is 216 Å². The van der Waals surface area contributed by atoms with E-state index < -0.39 is 0 Å². The van der Waals surface area contributed by atoms with E-state index in [-0.39, 0.29) is 0 Å². The van der Waals surface area contributed by atoms with Crippen LogP contribution in [0, 0.1) is 6.92 Å². The minimum absolute atomic E-state index is 0.440.